The Morgan fingerprint density at radius 3 is 2.85 bits per heavy atom. The second-order valence-corrected chi connectivity index (χ2v) is 3.55. The summed E-state index contributed by atoms with van der Waals surface area (Å²) in [4.78, 5) is 22.8. The maximum atomic E-state index is 11.5. The van der Waals surface area contributed by atoms with Gasteiger partial charge < -0.3 is 0 Å². The molecule has 4 heteroatoms. The minimum absolute atomic E-state index is 0.223. The number of thiol groups is 1. The van der Waals surface area contributed by atoms with E-state index in [9.17, 15) is 9.59 Å². The van der Waals surface area contributed by atoms with Gasteiger partial charge in [0.1, 0.15) is 0 Å². The standard InChI is InChI=1S/C9H9NO2S/c11-7-6-3-1-2-4-9(6,5-13)8(12)10-7/h1-4,6,13H,5H2,(H,10,11,12). The Labute approximate surface area is 81.3 Å². The maximum absolute atomic E-state index is 11.5. The smallest absolute Gasteiger partial charge is 0.238 e. The summed E-state index contributed by atoms with van der Waals surface area (Å²) in [5.74, 6) is -0.476. The van der Waals surface area contributed by atoms with Gasteiger partial charge in [0.2, 0.25) is 11.8 Å². The third kappa shape index (κ3) is 0.983. The van der Waals surface area contributed by atoms with E-state index in [1.165, 1.54) is 0 Å². The predicted molar refractivity (Wildman–Crippen MR) is 51.2 cm³/mol. The zero-order valence-corrected chi connectivity index (χ0v) is 7.75. The van der Waals surface area contributed by atoms with E-state index in [4.69, 9.17) is 0 Å². The molecule has 0 aromatic rings. The lowest BCUT2D eigenvalue weighted by Gasteiger charge is -2.25. The molecule has 3 nitrogen and oxygen atoms in total. The molecule has 0 saturated carbocycles. The summed E-state index contributed by atoms with van der Waals surface area (Å²) in [5, 5.41) is 2.32. The molecule has 2 unspecified atom stereocenters. The van der Waals surface area contributed by atoms with Gasteiger partial charge >= 0.3 is 0 Å². The van der Waals surface area contributed by atoms with Crippen molar-refractivity contribution < 1.29 is 9.59 Å². The van der Waals surface area contributed by atoms with Crippen LogP contribution in [-0.4, -0.2) is 17.6 Å². The van der Waals surface area contributed by atoms with E-state index in [-0.39, 0.29) is 17.7 Å². The molecule has 0 aromatic heterocycles. The quantitative estimate of drug-likeness (QED) is 0.467. The number of hydrogen-bond acceptors (Lipinski definition) is 3. The predicted octanol–water partition coefficient (Wildman–Crippen LogP) is 0.301. The summed E-state index contributed by atoms with van der Waals surface area (Å²) in [6, 6.07) is 0. The van der Waals surface area contributed by atoms with Gasteiger partial charge in [-0.15, -0.1) is 0 Å². The third-order valence-corrected chi connectivity index (χ3v) is 3.09. The van der Waals surface area contributed by atoms with Crippen molar-refractivity contribution in [2.75, 3.05) is 5.75 Å². The molecule has 1 aliphatic carbocycles. The summed E-state index contributed by atoms with van der Waals surface area (Å²) in [5.41, 5.74) is -0.741. The molecule has 2 rings (SSSR count). The van der Waals surface area contributed by atoms with Crippen LogP contribution in [0, 0.1) is 11.3 Å². The molecule has 1 fully saturated rings. The third-order valence-electron chi connectivity index (χ3n) is 2.57. The highest BCUT2D eigenvalue weighted by Crippen LogP contribution is 2.39. The van der Waals surface area contributed by atoms with Gasteiger partial charge in [-0.2, -0.15) is 12.6 Å². The Morgan fingerprint density at radius 2 is 2.23 bits per heavy atom. The van der Waals surface area contributed by atoms with Crippen molar-refractivity contribution in [3.8, 4) is 0 Å². The number of carbonyl (C=O) groups is 2. The number of nitrogens with one attached hydrogen (secondary N) is 1. The first kappa shape index (κ1) is 8.56. The first-order valence-electron chi connectivity index (χ1n) is 4.03. The molecular weight excluding hydrogens is 186 g/mol. The Hall–Kier alpha value is -1.03. The Kier molecular flexibility index (Phi) is 1.80. The highest BCUT2D eigenvalue weighted by atomic mass is 32.1. The first-order valence-corrected chi connectivity index (χ1v) is 4.66. The second-order valence-electron chi connectivity index (χ2n) is 3.24. The Balaban J connectivity index is 2.49. The van der Waals surface area contributed by atoms with Crippen LogP contribution in [-0.2, 0) is 9.59 Å². The minimum Gasteiger partial charge on any atom is -0.295 e. The van der Waals surface area contributed by atoms with E-state index in [0.29, 0.717) is 5.75 Å². The molecular formula is C9H9NO2S. The number of hydrogen-bond donors (Lipinski definition) is 2. The van der Waals surface area contributed by atoms with Crippen molar-refractivity contribution >= 4 is 24.4 Å². The summed E-state index contributed by atoms with van der Waals surface area (Å²) in [6.45, 7) is 0. The lowest BCUT2D eigenvalue weighted by atomic mass is 9.76. The zero-order valence-electron chi connectivity index (χ0n) is 6.86. The van der Waals surface area contributed by atoms with Crippen LogP contribution in [0.15, 0.2) is 24.3 Å². The van der Waals surface area contributed by atoms with Crippen LogP contribution < -0.4 is 5.32 Å². The molecule has 68 valence electrons. The first-order chi connectivity index (χ1) is 6.20. The van der Waals surface area contributed by atoms with Crippen LogP contribution in [0.1, 0.15) is 0 Å². The molecule has 0 spiro atoms. The molecule has 2 atom stereocenters. The van der Waals surface area contributed by atoms with Crippen molar-refractivity contribution in [1.82, 2.24) is 5.32 Å². The van der Waals surface area contributed by atoms with Crippen LogP contribution in [0.5, 0.6) is 0 Å². The van der Waals surface area contributed by atoms with E-state index in [1.807, 2.05) is 0 Å². The van der Waals surface area contributed by atoms with Crippen molar-refractivity contribution in [2.45, 2.75) is 0 Å². The zero-order chi connectivity index (χ0) is 9.47. The van der Waals surface area contributed by atoms with Crippen LogP contribution in [0.25, 0.3) is 0 Å². The maximum Gasteiger partial charge on any atom is 0.238 e. The van der Waals surface area contributed by atoms with Crippen molar-refractivity contribution in [3.63, 3.8) is 0 Å². The SMILES string of the molecule is O=C1NC(=O)C2(CS)C=CC=CC12. The van der Waals surface area contributed by atoms with Gasteiger partial charge in [-0.25, -0.2) is 0 Å². The molecule has 13 heavy (non-hydrogen) atoms. The molecule has 2 aliphatic rings. The lowest BCUT2D eigenvalue weighted by Crippen LogP contribution is -2.35. The van der Waals surface area contributed by atoms with Gasteiger partial charge in [-0.05, 0) is 0 Å². The highest BCUT2D eigenvalue weighted by Gasteiger charge is 2.52. The lowest BCUT2D eigenvalue weighted by molar-refractivity contribution is -0.126. The number of fused-ring (bicyclic) bond motifs is 1. The van der Waals surface area contributed by atoms with Crippen LogP contribution in [0.2, 0.25) is 0 Å². The fourth-order valence-corrected chi connectivity index (χ4v) is 2.19. The van der Waals surface area contributed by atoms with Gasteiger partial charge in [0.05, 0.1) is 11.3 Å². The van der Waals surface area contributed by atoms with Crippen LogP contribution >= 0.6 is 12.6 Å². The van der Waals surface area contributed by atoms with Gasteiger partial charge in [-0.1, -0.05) is 24.3 Å². The van der Waals surface area contributed by atoms with Crippen LogP contribution in [0.4, 0.5) is 0 Å². The molecule has 1 N–H and O–H groups in total. The van der Waals surface area contributed by atoms with E-state index in [2.05, 4.69) is 17.9 Å². The molecule has 2 amide bonds. The van der Waals surface area contributed by atoms with Crippen molar-refractivity contribution in [2.24, 2.45) is 11.3 Å². The van der Waals surface area contributed by atoms with Crippen molar-refractivity contribution in [3.05, 3.63) is 24.3 Å². The summed E-state index contributed by atoms with van der Waals surface area (Å²) in [7, 11) is 0. The Bertz CT molecular complexity index is 335. The average Bonchev–Trinajstić information content (AvgIpc) is 2.41. The van der Waals surface area contributed by atoms with Crippen LogP contribution in [0.3, 0.4) is 0 Å². The van der Waals surface area contributed by atoms with Crippen molar-refractivity contribution in [1.29, 1.82) is 0 Å². The van der Waals surface area contributed by atoms with E-state index in [0.717, 1.165) is 0 Å². The van der Waals surface area contributed by atoms with E-state index < -0.39 is 5.41 Å². The monoisotopic (exact) mass is 195 g/mol. The van der Waals surface area contributed by atoms with E-state index in [1.54, 1.807) is 24.3 Å². The topological polar surface area (TPSA) is 46.2 Å². The van der Waals surface area contributed by atoms with Gasteiger partial charge in [-0.3, -0.25) is 14.9 Å². The molecule has 1 aliphatic heterocycles. The number of imide groups is 1. The normalized spacial score (nSPS) is 36.2. The molecule has 1 heterocycles. The molecule has 0 bridgehead atoms. The Morgan fingerprint density at radius 1 is 1.46 bits per heavy atom. The number of carbonyl (C=O) groups excluding carboxylic acids is 2. The number of amides is 2. The fraction of sp³-hybridized carbons (Fsp3) is 0.333. The molecule has 0 aromatic carbocycles. The average molecular weight is 195 g/mol. The van der Waals surface area contributed by atoms with Gasteiger partial charge in [0.25, 0.3) is 0 Å². The number of rotatable bonds is 1. The van der Waals surface area contributed by atoms with E-state index >= 15 is 0 Å². The summed E-state index contributed by atoms with van der Waals surface area (Å²) >= 11 is 4.13. The summed E-state index contributed by atoms with van der Waals surface area (Å²) in [6.07, 6.45) is 7.07. The molecule has 0 radical (unpaired) electrons. The largest absolute Gasteiger partial charge is 0.295 e. The number of allylic oxidation sites excluding steroid dienone is 2. The van der Waals surface area contributed by atoms with Gasteiger partial charge in [0.15, 0.2) is 0 Å². The highest BCUT2D eigenvalue weighted by molar-refractivity contribution is 7.80. The fourth-order valence-electron chi connectivity index (χ4n) is 1.75. The second kappa shape index (κ2) is 2.73. The summed E-state index contributed by atoms with van der Waals surface area (Å²) < 4.78 is 0. The molecule has 1 saturated heterocycles. The minimum atomic E-state index is -0.741. The van der Waals surface area contributed by atoms with Gasteiger partial charge in [0, 0.05) is 5.75 Å².